The number of hydrogen-bond acceptors (Lipinski definition) is 4. The second-order valence-electron chi connectivity index (χ2n) is 5.82. The molecule has 0 aromatic heterocycles. The van der Waals surface area contributed by atoms with Crippen molar-refractivity contribution >= 4 is 15.9 Å². The van der Waals surface area contributed by atoms with Crippen molar-refractivity contribution in [2.75, 3.05) is 38.6 Å². The zero-order valence-electron chi connectivity index (χ0n) is 13.8. The maximum atomic E-state index is 12.5. The molecule has 0 unspecified atom stereocenters. The van der Waals surface area contributed by atoms with E-state index in [1.807, 2.05) is 24.3 Å². The Morgan fingerprint density at radius 3 is 2.48 bits per heavy atom. The van der Waals surface area contributed by atoms with Crippen LogP contribution in [0.4, 0.5) is 5.69 Å². The lowest BCUT2D eigenvalue weighted by molar-refractivity contribution is 0.392. The van der Waals surface area contributed by atoms with Crippen LogP contribution in [0.5, 0.6) is 0 Å². The quantitative estimate of drug-likeness (QED) is 0.761. The molecule has 1 aliphatic heterocycles. The van der Waals surface area contributed by atoms with Gasteiger partial charge in [0.15, 0.2) is 0 Å². The lowest BCUT2D eigenvalue weighted by atomic mass is 10.1. The van der Waals surface area contributed by atoms with Gasteiger partial charge in [-0.05, 0) is 24.5 Å². The second kappa shape index (κ2) is 7.77. The van der Waals surface area contributed by atoms with E-state index in [1.165, 1.54) is 28.5 Å². The Hall–Kier alpha value is -1.62. The van der Waals surface area contributed by atoms with Gasteiger partial charge in [0.1, 0.15) is 0 Å². The molecule has 0 aliphatic carbocycles. The fraction of sp³-hybridized carbons (Fsp3) is 0.562. The molecule has 7 heteroatoms. The van der Waals surface area contributed by atoms with Crippen molar-refractivity contribution in [1.82, 2.24) is 8.61 Å². The van der Waals surface area contributed by atoms with E-state index in [1.54, 1.807) is 7.05 Å². The van der Waals surface area contributed by atoms with Crippen LogP contribution in [0.2, 0.25) is 0 Å². The summed E-state index contributed by atoms with van der Waals surface area (Å²) >= 11 is 0. The first-order valence-electron chi connectivity index (χ1n) is 7.84. The van der Waals surface area contributed by atoms with Gasteiger partial charge in [-0.1, -0.05) is 18.2 Å². The van der Waals surface area contributed by atoms with Crippen LogP contribution in [0.25, 0.3) is 0 Å². The van der Waals surface area contributed by atoms with Gasteiger partial charge in [0.05, 0.1) is 6.07 Å². The topological polar surface area (TPSA) is 67.6 Å². The summed E-state index contributed by atoms with van der Waals surface area (Å²) in [6.07, 6.45) is 2.55. The Bertz CT molecular complexity index is 663. The molecule has 0 spiro atoms. The summed E-state index contributed by atoms with van der Waals surface area (Å²) in [5.74, 6) is 0. The monoisotopic (exact) mass is 336 g/mol. The van der Waals surface area contributed by atoms with Crippen LogP contribution >= 0.6 is 0 Å². The fourth-order valence-corrected chi connectivity index (χ4v) is 3.89. The molecule has 1 heterocycles. The number of nitrogens with zero attached hydrogens (tertiary/aromatic N) is 4. The fourth-order valence-electron chi connectivity index (χ4n) is 2.79. The molecule has 1 saturated heterocycles. The standard InChI is InChI=1S/C16H24N4O2S/c1-18(11-7-10-17)23(21,22)19(2)14-15-8-3-4-9-16(15)20-12-5-6-13-20/h3-4,8-9H,5-7,11-14H2,1-2H3. The number of nitriles is 1. The van der Waals surface area contributed by atoms with Crippen molar-refractivity contribution in [3.8, 4) is 6.07 Å². The lowest BCUT2D eigenvalue weighted by Crippen LogP contribution is -2.39. The highest BCUT2D eigenvalue weighted by atomic mass is 32.2. The van der Waals surface area contributed by atoms with Crippen LogP contribution in [-0.2, 0) is 16.8 Å². The molecule has 0 saturated carbocycles. The summed E-state index contributed by atoms with van der Waals surface area (Å²) in [7, 11) is -0.461. The van der Waals surface area contributed by atoms with Crippen LogP contribution in [0.1, 0.15) is 24.8 Å². The first-order chi connectivity index (χ1) is 11.0. The summed E-state index contributed by atoms with van der Waals surface area (Å²) in [6, 6.07) is 9.94. The minimum atomic E-state index is -3.55. The highest BCUT2D eigenvalue weighted by Crippen LogP contribution is 2.26. The molecular formula is C16H24N4O2S. The third-order valence-electron chi connectivity index (χ3n) is 4.16. The molecule has 1 aromatic carbocycles. The molecule has 0 radical (unpaired) electrons. The average Bonchev–Trinajstić information content (AvgIpc) is 3.07. The Balaban J connectivity index is 2.14. The van der Waals surface area contributed by atoms with Crippen LogP contribution < -0.4 is 4.90 Å². The van der Waals surface area contributed by atoms with Gasteiger partial charge in [-0.25, -0.2) is 0 Å². The molecule has 2 rings (SSSR count). The van der Waals surface area contributed by atoms with Gasteiger partial charge >= 0.3 is 0 Å². The van der Waals surface area contributed by atoms with Crippen LogP contribution in [0.3, 0.4) is 0 Å². The van der Waals surface area contributed by atoms with Crippen LogP contribution in [0, 0.1) is 11.3 Å². The van der Waals surface area contributed by atoms with Crippen molar-refractivity contribution in [1.29, 1.82) is 5.26 Å². The Kier molecular flexibility index (Phi) is 5.99. The smallest absolute Gasteiger partial charge is 0.281 e. The van der Waals surface area contributed by atoms with E-state index < -0.39 is 10.2 Å². The maximum Gasteiger partial charge on any atom is 0.281 e. The van der Waals surface area contributed by atoms with Gasteiger partial charge in [-0.3, -0.25) is 0 Å². The van der Waals surface area contributed by atoms with Crippen LogP contribution in [0.15, 0.2) is 24.3 Å². The number of rotatable bonds is 7. The zero-order chi connectivity index (χ0) is 16.9. The number of hydrogen-bond donors (Lipinski definition) is 0. The Labute approximate surface area is 139 Å². The highest BCUT2D eigenvalue weighted by molar-refractivity contribution is 7.86. The van der Waals surface area contributed by atoms with Gasteiger partial charge in [-0.2, -0.15) is 22.3 Å². The molecule has 6 nitrogen and oxygen atoms in total. The first-order valence-corrected chi connectivity index (χ1v) is 9.24. The lowest BCUT2D eigenvalue weighted by Gasteiger charge is -2.26. The van der Waals surface area contributed by atoms with Gasteiger partial charge in [-0.15, -0.1) is 0 Å². The van der Waals surface area contributed by atoms with Crippen molar-refractivity contribution in [2.24, 2.45) is 0 Å². The minimum absolute atomic E-state index is 0.188. The van der Waals surface area contributed by atoms with Gasteiger partial charge < -0.3 is 4.90 Å². The zero-order valence-corrected chi connectivity index (χ0v) is 14.6. The average molecular weight is 336 g/mol. The molecule has 1 aliphatic rings. The van der Waals surface area contributed by atoms with Crippen molar-refractivity contribution in [2.45, 2.75) is 25.8 Å². The maximum absolute atomic E-state index is 12.5. The Morgan fingerprint density at radius 1 is 1.17 bits per heavy atom. The number of para-hydroxylation sites is 1. The SMILES string of the molecule is CN(CCC#N)S(=O)(=O)N(C)Cc1ccccc1N1CCCC1. The van der Waals surface area contributed by atoms with Crippen molar-refractivity contribution in [3.05, 3.63) is 29.8 Å². The summed E-state index contributed by atoms with van der Waals surface area (Å²) in [5.41, 5.74) is 2.13. The predicted octanol–water partition coefficient (Wildman–Crippen LogP) is 1.81. The summed E-state index contributed by atoms with van der Waals surface area (Å²) in [6.45, 7) is 2.58. The third-order valence-corrected chi connectivity index (χ3v) is 6.04. The summed E-state index contributed by atoms with van der Waals surface area (Å²) in [5, 5.41) is 8.62. The predicted molar refractivity (Wildman–Crippen MR) is 91.1 cm³/mol. The van der Waals surface area contributed by atoms with Gasteiger partial charge in [0.2, 0.25) is 0 Å². The normalized spacial score (nSPS) is 15.3. The van der Waals surface area contributed by atoms with Crippen molar-refractivity contribution < 1.29 is 8.42 Å². The molecule has 1 aromatic rings. The van der Waals surface area contributed by atoms with E-state index in [2.05, 4.69) is 11.0 Å². The first kappa shape index (κ1) is 17.7. The molecular weight excluding hydrogens is 312 g/mol. The number of benzene rings is 1. The van der Waals surface area contributed by atoms with Gasteiger partial charge in [0.25, 0.3) is 10.2 Å². The highest BCUT2D eigenvalue weighted by Gasteiger charge is 2.25. The molecule has 126 valence electrons. The summed E-state index contributed by atoms with van der Waals surface area (Å²) in [4.78, 5) is 2.31. The summed E-state index contributed by atoms with van der Waals surface area (Å²) < 4.78 is 27.6. The third kappa shape index (κ3) is 4.22. The van der Waals surface area contributed by atoms with E-state index in [-0.39, 0.29) is 13.0 Å². The molecule has 0 bridgehead atoms. The van der Waals surface area contributed by atoms with E-state index in [0.717, 1.165) is 24.3 Å². The minimum Gasteiger partial charge on any atom is -0.371 e. The van der Waals surface area contributed by atoms with E-state index in [0.29, 0.717) is 6.54 Å². The van der Waals surface area contributed by atoms with Gasteiger partial charge in [0, 0.05) is 52.4 Å². The Morgan fingerprint density at radius 2 is 1.83 bits per heavy atom. The van der Waals surface area contributed by atoms with E-state index in [9.17, 15) is 8.42 Å². The molecule has 23 heavy (non-hydrogen) atoms. The molecule has 1 fully saturated rings. The molecule has 0 N–H and O–H groups in total. The largest absolute Gasteiger partial charge is 0.371 e. The number of anilines is 1. The molecule has 0 amide bonds. The van der Waals surface area contributed by atoms with E-state index in [4.69, 9.17) is 5.26 Å². The van der Waals surface area contributed by atoms with Crippen molar-refractivity contribution in [3.63, 3.8) is 0 Å². The second-order valence-corrected chi connectivity index (χ2v) is 7.96. The van der Waals surface area contributed by atoms with E-state index >= 15 is 0 Å². The van der Waals surface area contributed by atoms with Crippen LogP contribution in [-0.4, -0.2) is 50.8 Å². The molecule has 0 atom stereocenters.